The summed E-state index contributed by atoms with van der Waals surface area (Å²) in [6, 6.07) is 7.20. The summed E-state index contributed by atoms with van der Waals surface area (Å²) in [6.07, 6.45) is 0.511. The molecule has 11 heteroatoms. The molecule has 1 aromatic carbocycles. The summed E-state index contributed by atoms with van der Waals surface area (Å²) >= 11 is 0. The van der Waals surface area contributed by atoms with Crippen LogP contribution in [-0.2, 0) is 25.6 Å². The van der Waals surface area contributed by atoms with Crippen LogP contribution >= 0.6 is 0 Å². The van der Waals surface area contributed by atoms with Gasteiger partial charge in [-0.2, -0.15) is 0 Å². The van der Waals surface area contributed by atoms with Gasteiger partial charge < -0.3 is 25.0 Å². The molecule has 0 aliphatic carbocycles. The Kier molecular flexibility index (Phi) is 9.41. The number of nitrogens with zero attached hydrogens (tertiary/aromatic N) is 3. The fourth-order valence-electron chi connectivity index (χ4n) is 3.66. The standard InChI is InChI=1S/C21H29N3O8/c1-2-32-17-5-3-15(4-6-17)9-16-10-23(18(25)11-24(16)14-21(30)31)8-7-22(12-19(26)27)13-20(28)29/h3-6,16H,2,7-14H2,1H3,(H,26,27)(H,28,29)(H,30,31)/t16-/m0/s1. The molecule has 1 aliphatic rings. The molecule has 2 rings (SSSR count). The molecule has 1 aromatic rings. The second-order valence-corrected chi connectivity index (χ2v) is 7.57. The highest BCUT2D eigenvalue weighted by atomic mass is 16.5. The maximum Gasteiger partial charge on any atom is 0.317 e. The maximum absolute atomic E-state index is 12.6. The normalized spacial score (nSPS) is 16.9. The molecule has 176 valence electrons. The number of benzene rings is 1. The molecular formula is C21H29N3O8. The lowest BCUT2D eigenvalue weighted by molar-refractivity contribution is -0.144. The van der Waals surface area contributed by atoms with E-state index >= 15 is 0 Å². The van der Waals surface area contributed by atoms with Crippen LogP contribution in [-0.4, -0.2) is 112 Å². The summed E-state index contributed by atoms with van der Waals surface area (Å²) in [5.41, 5.74) is 0.960. The third kappa shape index (κ3) is 8.16. The molecule has 1 saturated heterocycles. The van der Waals surface area contributed by atoms with Gasteiger partial charge in [-0.1, -0.05) is 12.1 Å². The maximum atomic E-state index is 12.6. The van der Waals surface area contributed by atoms with Crippen molar-refractivity contribution in [1.82, 2.24) is 14.7 Å². The van der Waals surface area contributed by atoms with E-state index < -0.39 is 31.0 Å². The van der Waals surface area contributed by atoms with E-state index in [1.807, 2.05) is 31.2 Å². The average molecular weight is 451 g/mol. The van der Waals surface area contributed by atoms with Crippen molar-refractivity contribution in [2.24, 2.45) is 0 Å². The van der Waals surface area contributed by atoms with Gasteiger partial charge in [-0.05, 0) is 31.0 Å². The van der Waals surface area contributed by atoms with E-state index in [4.69, 9.17) is 14.9 Å². The van der Waals surface area contributed by atoms with Crippen LogP contribution in [0.4, 0.5) is 0 Å². The zero-order chi connectivity index (χ0) is 23.7. The topological polar surface area (TPSA) is 148 Å². The molecule has 0 radical (unpaired) electrons. The van der Waals surface area contributed by atoms with E-state index in [9.17, 15) is 24.3 Å². The van der Waals surface area contributed by atoms with Crippen LogP contribution in [0.15, 0.2) is 24.3 Å². The molecule has 1 amide bonds. The molecule has 0 bridgehead atoms. The highest BCUT2D eigenvalue weighted by molar-refractivity contribution is 5.80. The average Bonchev–Trinajstić information content (AvgIpc) is 2.69. The third-order valence-corrected chi connectivity index (χ3v) is 5.09. The van der Waals surface area contributed by atoms with Crippen molar-refractivity contribution in [2.45, 2.75) is 19.4 Å². The minimum Gasteiger partial charge on any atom is -0.494 e. The van der Waals surface area contributed by atoms with Crippen molar-refractivity contribution in [3.63, 3.8) is 0 Å². The first-order chi connectivity index (χ1) is 15.2. The SMILES string of the molecule is CCOc1ccc(C[C@H]2CN(CCN(CC(=O)O)CC(=O)O)C(=O)CN2CC(=O)O)cc1. The second-order valence-electron chi connectivity index (χ2n) is 7.57. The predicted molar refractivity (Wildman–Crippen MR) is 113 cm³/mol. The highest BCUT2D eigenvalue weighted by Gasteiger charge is 2.33. The number of aliphatic carboxylic acids is 3. The van der Waals surface area contributed by atoms with Gasteiger partial charge in [-0.15, -0.1) is 0 Å². The Bertz CT molecular complexity index is 798. The van der Waals surface area contributed by atoms with Gasteiger partial charge in [0.05, 0.1) is 32.8 Å². The minimum absolute atomic E-state index is 0.0775. The van der Waals surface area contributed by atoms with E-state index in [1.165, 1.54) is 9.80 Å². The zero-order valence-corrected chi connectivity index (χ0v) is 18.0. The van der Waals surface area contributed by atoms with Crippen molar-refractivity contribution in [2.75, 3.05) is 52.4 Å². The van der Waals surface area contributed by atoms with Crippen LogP contribution in [0.25, 0.3) is 0 Å². The van der Waals surface area contributed by atoms with Gasteiger partial charge in [-0.3, -0.25) is 29.0 Å². The number of ether oxygens (including phenoxy) is 1. The Morgan fingerprint density at radius 2 is 1.69 bits per heavy atom. The lowest BCUT2D eigenvalue weighted by atomic mass is 10.0. The summed E-state index contributed by atoms with van der Waals surface area (Å²) in [5, 5.41) is 27.2. The number of piperazine rings is 1. The van der Waals surface area contributed by atoms with Crippen molar-refractivity contribution in [1.29, 1.82) is 0 Å². The van der Waals surface area contributed by atoms with Gasteiger partial charge in [-0.25, -0.2) is 0 Å². The lowest BCUT2D eigenvalue weighted by Crippen LogP contribution is -2.59. The molecule has 3 N–H and O–H groups in total. The summed E-state index contributed by atoms with van der Waals surface area (Å²) in [7, 11) is 0. The fraction of sp³-hybridized carbons (Fsp3) is 0.524. The van der Waals surface area contributed by atoms with Crippen molar-refractivity contribution < 1.29 is 39.2 Å². The van der Waals surface area contributed by atoms with E-state index in [2.05, 4.69) is 0 Å². The molecule has 32 heavy (non-hydrogen) atoms. The Labute approximate surface area is 185 Å². The molecule has 0 aromatic heterocycles. The molecule has 0 spiro atoms. The van der Waals surface area contributed by atoms with Crippen molar-refractivity contribution in [3.05, 3.63) is 29.8 Å². The summed E-state index contributed by atoms with van der Waals surface area (Å²) in [4.78, 5) is 50.2. The molecule has 1 fully saturated rings. The minimum atomic E-state index is -1.16. The largest absolute Gasteiger partial charge is 0.494 e. The van der Waals surface area contributed by atoms with Gasteiger partial charge in [0.25, 0.3) is 0 Å². The smallest absolute Gasteiger partial charge is 0.317 e. The lowest BCUT2D eigenvalue weighted by Gasteiger charge is -2.41. The van der Waals surface area contributed by atoms with Crippen molar-refractivity contribution >= 4 is 23.8 Å². The van der Waals surface area contributed by atoms with E-state index in [0.29, 0.717) is 13.0 Å². The summed E-state index contributed by atoms with van der Waals surface area (Å²) < 4.78 is 5.44. The fourth-order valence-corrected chi connectivity index (χ4v) is 3.66. The first kappa shape index (κ1) is 25.1. The Hall–Kier alpha value is -3.18. The zero-order valence-electron chi connectivity index (χ0n) is 18.0. The Morgan fingerprint density at radius 1 is 1.06 bits per heavy atom. The van der Waals surface area contributed by atoms with Gasteiger partial charge in [0.15, 0.2) is 0 Å². The number of hydrogen-bond donors (Lipinski definition) is 3. The van der Waals surface area contributed by atoms with Gasteiger partial charge in [0, 0.05) is 25.7 Å². The Morgan fingerprint density at radius 3 is 2.22 bits per heavy atom. The monoisotopic (exact) mass is 451 g/mol. The second kappa shape index (κ2) is 12.0. The first-order valence-electron chi connectivity index (χ1n) is 10.3. The highest BCUT2D eigenvalue weighted by Crippen LogP contribution is 2.18. The number of rotatable bonds is 13. The molecule has 0 unspecified atom stereocenters. The number of carboxylic acids is 3. The molecular weight excluding hydrogens is 422 g/mol. The van der Waals surface area contributed by atoms with Gasteiger partial charge >= 0.3 is 17.9 Å². The van der Waals surface area contributed by atoms with Crippen LogP contribution < -0.4 is 4.74 Å². The number of carbonyl (C=O) groups is 4. The number of hydrogen-bond acceptors (Lipinski definition) is 7. The number of carboxylic acid groups (broad SMARTS) is 3. The molecule has 0 saturated carbocycles. The van der Waals surface area contributed by atoms with Crippen LogP contribution in [0, 0.1) is 0 Å². The molecule has 11 nitrogen and oxygen atoms in total. The number of amides is 1. The predicted octanol–water partition coefficient (Wildman–Crippen LogP) is -0.304. The van der Waals surface area contributed by atoms with Crippen LogP contribution in [0.1, 0.15) is 12.5 Å². The molecule has 1 atom stereocenters. The van der Waals surface area contributed by atoms with Crippen LogP contribution in [0.3, 0.4) is 0 Å². The van der Waals surface area contributed by atoms with Crippen molar-refractivity contribution in [3.8, 4) is 5.75 Å². The van der Waals surface area contributed by atoms with Gasteiger partial charge in [0.2, 0.25) is 5.91 Å². The summed E-state index contributed by atoms with van der Waals surface area (Å²) in [5.74, 6) is -2.89. The van der Waals surface area contributed by atoms with Crippen LogP contribution in [0.5, 0.6) is 5.75 Å². The summed E-state index contributed by atoms with van der Waals surface area (Å²) in [6.45, 7) is 1.68. The van der Waals surface area contributed by atoms with Gasteiger partial charge in [0.1, 0.15) is 5.75 Å². The quantitative estimate of drug-likeness (QED) is 0.365. The molecule has 1 aliphatic heterocycles. The van der Waals surface area contributed by atoms with E-state index in [0.717, 1.165) is 11.3 Å². The number of carbonyl (C=O) groups excluding carboxylic acids is 1. The van der Waals surface area contributed by atoms with E-state index in [1.54, 1.807) is 4.90 Å². The molecule has 1 heterocycles. The van der Waals surface area contributed by atoms with E-state index in [-0.39, 0.29) is 44.7 Å². The third-order valence-electron chi connectivity index (χ3n) is 5.09. The first-order valence-corrected chi connectivity index (χ1v) is 10.3. The van der Waals surface area contributed by atoms with Crippen LogP contribution in [0.2, 0.25) is 0 Å². The Balaban J connectivity index is 2.08.